The molecule has 212 valence electrons. The number of hydrogen-bond donors (Lipinski definition) is 3. The minimum atomic E-state index is -0.120. The fourth-order valence-corrected chi connectivity index (χ4v) is 5.40. The maximum atomic E-state index is 12.8. The van der Waals surface area contributed by atoms with Crippen LogP contribution in [0.3, 0.4) is 0 Å². The van der Waals surface area contributed by atoms with Gasteiger partial charge in [0.15, 0.2) is 0 Å². The zero-order valence-corrected chi connectivity index (χ0v) is 24.2. The van der Waals surface area contributed by atoms with Gasteiger partial charge in [0, 0.05) is 48.2 Å². The van der Waals surface area contributed by atoms with Crippen molar-refractivity contribution in [3.05, 3.63) is 101 Å². The number of aromatic nitrogens is 1. The maximum absolute atomic E-state index is 12.8. The molecule has 40 heavy (non-hydrogen) atoms. The standard InChI is InChI=1S/C33H43N5O2/c1-23(2)36-32(39)27-12-13-30(24(3)21-27)33(40)35-18-14-25(4)38-19-15-29(16-20-38)37-31(26-9-6-5-7-10-26)28-11-8-17-34-22-28/h5-13,17,21-23,25,29,31,37H,14-16,18-20H2,1-4H3,(H,35,40)(H,36,39)/t25-,31?/m1/s1. The van der Waals surface area contributed by atoms with Gasteiger partial charge < -0.3 is 20.9 Å². The summed E-state index contributed by atoms with van der Waals surface area (Å²) in [5, 5.41) is 9.87. The second kappa shape index (κ2) is 14.2. The van der Waals surface area contributed by atoms with E-state index in [9.17, 15) is 9.59 Å². The number of hydrogen-bond acceptors (Lipinski definition) is 5. The van der Waals surface area contributed by atoms with Crippen LogP contribution in [0, 0.1) is 6.92 Å². The molecule has 0 spiro atoms. The Hall–Kier alpha value is -3.55. The lowest BCUT2D eigenvalue weighted by molar-refractivity contribution is 0.0930. The van der Waals surface area contributed by atoms with Crippen LogP contribution in [0.15, 0.2) is 73.1 Å². The SMILES string of the molecule is Cc1cc(C(=O)NC(C)C)ccc1C(=O)NCC[C@@H](C)N1CCC(NC(c2ccccc2)c2cccnc2)CC1. The van der Waals surface area contributed by atoms with E-state index < -0.39 is 0 Å². The molecule has 0 bridgehead atoms. The fourth-order valence-electron chi connectivity index (χ4n) is 5.40. The summed E-state index contributed by atoms with van der Waals surface area (Å²) in [5.41, 5.74) is 4.43. The lowest BCUT2D eigenvalue weighted by atomic mass is 9.96. The molecular formula is C33H43N5O2. The molecule has 0 radical (unpaired) electrons. The summed E-state index contributed by atoms with van der Waals surface area (Å²) in [4.78, 5) is 32.0. The predicted octanol–water partition coefficient (Wildman–Crippen LogP) is 4.88. The molecule has 2 atom stereocenters. The van der Waals surface area contributed by atoms with Crippen molar-refractivity contribution in [1.29, 1.82) is 0 Å². The monoisotopic (exact) mass is 541 g/mol. The number of carbonyl (C=O) groups is 2. The summed E-state index contributed by atoms with van der Waals surface area (Å²) in [5.74, 6) is -0.212. The van der Waals surface area contributed by atoms with Crippen molar-refractivity contribution in [2.24, 2.45) is 0 Å². The van der Waals surface area contributed by atoms with Crippen molar-refractivity contribution in [2.75, 3.05) is 19.6 Å². The van der Waals surface area contributed by atoms with E-state index >= 15 is 0 Å². The largest absolute Gasteiger partial charge is 0.352 e. The first-order valence-electron chi connectivity index (χ1n) is 14.5. The lowest BCUT2D eigenvalue weighted by Crippen LogP contribution is -2.47. The van der Waals surface area contributed by atoms with Gasteiger partial charge in [-0.05, 0) is 101 Å². The Labute approximate surface area is 238 Å². The third-order valence-electron chi connectivity index (χ3n) is 7.71. The number of benzene rings is 2. The van der Waals surface area contributed by atoms with E-state index in [1.807, 2.05) is 39.2 Å². The summed E-state index contributed by atoms with van der Waals surface area (Å²) in [7, 11) is 0. The molecule has 7 heteroatoms. The minimum absolute atomic E-state index is 0.0675. The molecule has 1 aliphatic rings. The number of carbonyl (C=O) groups excluding carboxylic acids is 2. The zero-order valence-electron chi connectivity index (χ0n) is 24.2. The summed E-state index contributed by atoms with van der Waals surface area (Å²) in [6, 6.07) is 21.0. The van der Waals surface area contributed by atoms with Crippen molar-refractivity contribution >= 4 is 11.8 Å². The molecule has 4 rings (SSSR count). The van der Waals surface area contributed by atoms with Gasteiger partial charge in [0.1, 0.15) is 0 Å². The molecule has 3 aromatic rings. The van der Waals surface area contributed by atoms with E-state index in [2.05, 4.69) is 69.2 Å². The van der Waals surface area contributed by atoms with Gasteiger partial charge in [-0.1, -0.05) is 36.4 Å². The number of aryl methyl sites for hydroxylation is 1. The molecule has 0 aliphatic carbocycles. The van der Waals surface area contributed by atoms with Gasteiger partial charge in [0.25, 0.3) is 11.8 Å². The molecule has 1 aromatic heterocycles. The number of nitrogens with zero attached hydrogens (tertiary/aromatic N) is 2. The second-order valence-corrected chi connectivity index (χ2v) is 11.2. The Morgan fingerprint density at radius 3 is 2.33 bits per heavy atom. The molecule has 3 N–H and O–H groups in total. The Morgan fingerprint density at radius 2 is 1.68 bits per heavy atom. The highest BCUT2D eigenvalue weighted by molar-refractivity contribution is 5.99. The zero-order chi connectivity index (χ0) is 28.5. The van der Waals surface area contributed by atoms with E-state index in [0.717, 1.165) is 37.9 Å². The van der Waals surface area contributed by atoms with Gasteiger partial charge in [0.05, 0.1) is 6.04 Å². The highest BCUT2D eigenvalue weighted by Crippen LogP contribution is 2.25. The number of piperidine rings is 1. The quantitative estimate of drug-likeness (QED) is 0.322. The van der Waals surface area contributed by atoms with E-state index in [1.54, 1.807) is 18.2 Å². The fraction of sp³-hybridized carbons (Fsp3) is 0.424. The minimum Gasteiger partial charge on any atom is -0.352 e. The van der Waals surface area contributed by atoms with Crippen LogP contribution < -0.4 is 16.0 Å². The van der Waals surface area contributed by atoms with Crippen LogP contribution in [-0.2, 0) is 0 Å². The first-order chi connectivity index (χ1) is 19.3. The van der Waals surface area contributed by atoms with Crippen molar-refractivity contribution < 1.29 is 9.59 Å². The van der Waals surface area contributed by atoms with Gasteiger partial charge in [-0.2, -0.15) is 0 Å². The molecule has 2 amide bonds. The normalized spacial score (nSPS) is 15.9. The number of pyridine rings is 1. The summed E-state index contributed by atoms with van der Waals surface area (Å²) in [6.45, 7) is 10.6. The topological polar surface area (TPSA) is 86.4 Å². The second-order valence-electron chi connectivity index (χ2n) is 11.2. The molecular weight excluding hydrogens is 498 g/mol. The van der Waals surface area contributed by atoms with Crippen molar-refractivity contribution in [3.63, 3.8) is 0 Å². The Bertz CT molecular complexity index is 1200. The molecule has 2 aromatic carbocycles. The first kappa shape index (κ1) is 29.4. The van der Waals surface area contributed by atoms with Gasteiger partial charge in [0.2, 0.25) is 0 Å². The van der Waals surface area contributed by atoms with Gasteiger partial charge >= 0.3 is 0 Å². The molecule has 1 fully saturated rings. The average molecular weight is 542 g/mol. The predicted molar refractivity (Wildman–Crippen MR) is 160 cm³/mol. The van der Waals surface area contributed by atoms with Gasteiger partial charge in [-0.15, -0.1) is 0 Å². The smallest absolute Gasteiger partial charge is 0.251 e. The number of rotatable bonds is 11. The first-order valence-corrected chi connectivity index (χ1v) is 14.5. The van der Waals surface area contributed by atoms with E-state index in [1.165, 1.54) is 11.1 Å². The average Bonchev–Trinajstić information content (AvgIpc) is 2.96. The number of amides is 2. The number of likely N-dealkylation sites (tertiary alicyclic amines) is 1. The van der Waals surface area contributed by atoms with E-state index in [0.29, 0.717) is 29.8 Å². The maximum Gasteiger partial charge on any atom is 0.251 e. The molecule has 1 saturated heterocycles. The highest BCUT2D eigenvalue weighted by Gasteiger charge is 2.26. The molecule has 7 nitrogen and oxygen atoms in total. The third kappa shape index (κ3) is 7.99. The summed E-state index contributed by atoms with van der Waals surface area (Å²) in [6.07, 6.45) is 6.82. The molecule has 1 aliphatic heterocycles. The van der Waals surface area contributed by atoms with Gasteiger partial charge in [-0.25, -0.2) is 0 Å². The van der Waals surface area contributed by atoms with Crippen LogP contribution in [0.4, 0.5) is 0 Å². The third-order valence-corrected chi connectivity index (χ3v) is 7.71. The van der Waals surface area contributed by atoms with Crippen molar-refractivity contribution in [3.8, 4) is 0 Å². The summed E-state index contributed by atoms with van der Waals surface area (Å²) >= 11 is 0. The van der Waals surface area contributed by atoms with Crippen LogP contribution in [0.2, 0.25) is 0 Å². The Balaban J connectivity index is 1.24. The van der Waals surface area contributed by atoms with Crippen molar-refractivity contribution in [2.45, 2.75) is 71.1 Å². The molecule has 0 saturated carbocycles. The van der Waals surface area contributed by atoms with Crippen LogP contribution in [0.1, 0.15) is 83.5 Å². The molecule has 2 heterocycles. The Morgan fingerprint density at radius 1 is 0.950 bits per heavy atom. The summed E-state index contributed by atoms with van der Waals surface area (Å²) < 4.78 is 0. The van der Waals surface area contributed by atoms with Gasteiger partial charge in [-0.3, -0.25) is 14.6 Å². The van der Waals surface area contributed by atoms with Crippen LogP contribution >= 0.6 is 0 Å². The van der Waals surface area contributed by atoms with Crippen LogP contribution in [0.5, 0.6) is 0 Å². The number of nitrogens with one attached hydrogen (secondary N) is 3. The molecule has 1 unspecified atom stereocenters. The van der Waals surface area contributed by atoms with Crippen LogP contribution in [-0.4, -0.2) is 59.5 Å². The van der Waals surface area contributed by atoms with Crippen LogP contribution in [0.25, 0.3) is 0 Å². The lowest BCUT2D eigenvalue weighted by Gasteiger charge is -2.38. The van der Waals surface area contributed by atoms with E-state index in [-0.39, 0.29) is 23.9 Å². The Kier molecular flexibility index (Phi) is 10.4. The van der Waals surface area contributed by atoms with E-state index in [4.69, 9.17) is 0 Å². The van der Waals surface area contributed by atoms with Crippen molar-refractivity contribution in [1.82, 2.24) is 25.8 Å². The highest BCUT2D eigenvalue weighted by atomic mass is 16.2.